The van der Waals surface area contributed by atoms with Crippen LogP contribution in [0.2, 0.25) is 0 Å². The molecule has 5 aliphatic rings. The van der Waals surface area contributed by atoms with E-state index in [2.05, 4.69) is 12.2 Å². The Morgan fingerprint density at radius 1 is 1.08 bits per heavy atom. The average molecular weight is 324 g/mol. The predicted molar refractivity (Wildman–Crippen MR) is 85.0 cm³/mol. The summed E-state index contributed by atoms with van der Waals surface area (Å²) in [6.45, 7) is 1.75. The zero-order valence-electron chi connectivity index (χ0n) is 13.1. The van der Waals surface area contributed by atoms with Crippen molar-refractivity contribution in [2.24, 2.45) is 35.5 Å². The first-order valence-corrected chi connectivity index (χ1v) is 8.30. The van der Waals surface area contributed by atoms with Gasteiger partial charge in [-0.05, 0) is 48.6 Å². The van der Waals surface area contributed by atoms with Crippen molar-refractivity contribution >= 4 is 23.2 Å². The second-order valence-electron chi connectivity index (χ2n) is 7.42. The largest absolute Gasteiger partial charge is 0.293 e. The molecule has 2 amide bonds. The Labute approximate surface area is 138 Å². The number of hydrogen-bond donors (Lipinski definition) is 0. The minimum atomic E-state index is -0.519. The molecule has 24 heavy (non-hydrogen) atoms. The number of rotatable bonds is 2. The van der Waals surface area contributed by atoms with Crippen LogP contribution in [0, 0.1) is 52.5 Å². The molecule has 6 rings (SSSR count). The maximum absolute atomic E-state index is 13.0. The van der Waals surface area contributed by atoms with E-state index in [1.54, 1.807) is 13.0 Å². The lowest BCUT2D eigenvalue weighted by Crippen LogP contribution is -2.40. The number of imide groups is 1. The fraction of sp³-hybridized carbons (Fsp3) is 0.444. The smallest absolute Gasteiger partial charge is 0.274 e. The number of nitrogens with zero attached hydrogens (tertiary/aromatic N) is 2. The Balaban J connectivity index is 1.61. The van der Waals surface area contributed by atoms with Crippen molar-refractivity contribution in [2.45, 2.75) is 13.3 Å². The first-order chi connectivity index (χ1) is 11.5. The Hall–Kier alpha value is -2.50. The zero-order valence-corrected chi connectivity index (χ0v) is 13.1. The lowest BCUT2D eigenvalue weighted by atomic mass is 9.63. The first-order valence-electron chi connectivity index (χ1n) is 8.30. The van der Waals surface area contributed by atoms with E-state index in [0.29, 0.717) is 11.8 Å². The molecule has 0 N–H and O–H groups in total. The van der Waals surface area contributed by atoms with Crippen LogP contribution in [0.5, 0.6) is 0 Å². The van der Waals surface area contributed by atoms with Crippen LogP contribution in [0.15, 0.2) is 30.4 Å². The van der Waals surface area contributed by atoms with Crippen LogP contribution >= 0.6 is 0 Å². The fourth-order valence-electron chi connectivity index (χ4n) is 5.16. The van der Waals surface area contributed by atoms with Gasteiger partial charge in [0.1, 0.15) is 5.69 Å². The van der Waals surface area contributed by atoms with Gasteiger partial charge in [-0.25, -0.2) is 4.90 Å². The molecule has 2 bridgehead atoms. The number of carbonyl (C=O) groups is 2. The van der Waals surface area contributed by atoms with E-state index in [0.717, 1.165) is 16.9 Å². The number of allylic oxidation sites excluding steroid dienone is 2. The zero-order chi connectivity index (χ0) is 16.7. The van der Waals surface area contributed by atoms with Crippen LogP contribution < -0.4 is 4.90 Å². The predicted octanol–water partition coefficient (Wildman–Crippen LogP) is 2.46. The van der Waals surface area contributed by atoms with Gasteiger partial charge in [0.25, 0.3) is 5.69 Å². The van der Waals surface area contributed by atoms with Gasteiger partial charge in [0, 0.05) is 6.07 Å². The number of benzene rings is 1. The number of nitro benzene ring substituents is 1. The Bertz CT molecular complexity index is 809. The highest BCUT2D eigenvalue weighted by Crippen LogP contribution is 2.65. The Morgan fingerprint density at radius 3 is 2.21 bits per heavy atom. The summed E-state index contributed by atoms with van der Waals surface area (Å²) in [5, 5.41) is 11.4. The van der Waals surface area contributed by atoms with E-state index >= 15 is 0 Å². The van der Waals surface area contributed by atoms with Gasteiger partial charge >= 0.3 is 0 Å². The topological polar surface area (TPSA) is 80.5 Å². The van der Waals surface area contributed by atoms with Crippen molar-refractivity contribution in [3.8, 4) is 0 Å². The minimum Gasteiger partial charge on any atom is -0.274 e. The average Bonchev–Trinajstić information content (AvgIpc) is 3.33. The van der Waals surface area contributed by atoms with Crippen LogP contribution in [0.4, 0.5) is 11.4 Å². The van der Waals surface area contributed by atoms with Crippen LogP contribution in [0.1, 0.15) is 12.0 Å². The van der Waals surface area contributed by atoms with Crippen LogP contribution in [0.3, 0.4) is 0 Å². The fourth-order valence-corrected chi connectivity index (χ4v) is 5.16. The SMILES string of the molecule is Cc1ccc(N2C(=O)[C@@H]3[C@@H]4C=C[C@H]([C@@H]5C[C@H]45)[C@H]3C2=O)c([N+](=O)[O-])c1. The molecule has 1 heterocycles. The molecule has 2 saturated carbocycles. The molecule has 0 unspecified atom stereocenters. The van der Waals surface area contributed by atoms with Crippen molar-refractivity contribution in [3.63, 3.8) is 0 Å². The molecule has 1 aromatic rings. The Morgan fingerprint density at radius 2 is 1.67 bits per heavy atom. The lowest BCUT2D eigenvalue weighted by Gasteiger charge is -2.37. The monoisotopic (exact) mass is 324 g/mol. The van der Waals surface area contributed by atoms with Gasteiger partial charge in [-0.2, -0.15) is 0 Å². The third-order valence-corrected chi connectivity index (χ3v) is 6.23. The van der Waals surface area contributed by atoms with E-state index in [-0.39, 0.29) is 46.9 Å². The Kier molecular flexibility index (Phi) is 2.50. The summed E-state index contributed by atoms with van der Waals surface area (Å²) >= 11 is 0. The summed E-state index contributed by atoms with van der Waals surface area (Å²) in [4.78, 5) is 38.0. The van der Waals surface area contributed by atoms with Gasteiger partial charge in [0.15, 0.2) is 0 Å². The highest BCUT2D eigenvalue weighted by Gasteiger charge is 2.67. The summed E-state index contributed by atoms with van der Waals surface area (Å²) in [6, 6.07) is 4.65. The van der Waals surface area contributed by atoms with E-state index in [4.69, 9.17) is 0 Å². The molecule has 6 heteroatoms. The normalized spacial score (nSPS) is 38.3. The van der Waals surface area contributed by atoms with Crippen LogP contribution in [-0.2, 0) is 9.59 Å². The molecule has 4 aliphatic carbocycles. The molecular formula is C18H16N2O4. The van der Waals surface area contributed by atoms with E-state index < -0.39 is 4.92 Å². The molecule has 3 fully saturated rings. The maximum atomic E-state index is 13.0. The highest BCUT2D eigenvalue weighted by atomic mass is 16.6. The third kappa shape index (κ3) is 1.56. The molecule has 6 atom stereocenters. The molecule has 122 valence electrons. The number of carbonyl (C=O) groups excluding carboxylic acids is 2. The van der Waals surface area contributed by atoms with Crippen LogP contribution in [-0.4, -0.2) is 16.7 Å². The van der Waals surface area contributed by atoms with E-state index in [9.17, 15) is 19.7 Å². The number of hydrogen-bond acceptors (Lipinski definition) is 4. The molecule has 0 aromatic heterocycles. The summed E-state index contributed by atoms with van der Waals surface area (Å²) < 4.78 is 0. The number of amides is 2. The second kappa shape index (κ2) is 4.32. The molecule has 1 aromatic carbocycles. The van der Waals surface area contributed by atoms with Crippen molar-refractivity contribution in [3.05, 3.63) is 46.0 Å². The molecule has 6 nitrogen and oxygen atoms in total. The first kappa shape index (κ1) is 13.9. The number of aryl methyl sites for hydroxylation is 1. The lowest BCUT2D eigenvalue weighted by molar-refractivity contribution is -0.384. The van der Waals surface area contributed by atoms with Crippen molar-refractivity contribution in [1.82, 2.24) is 0 Å². The molecule has 1 saturated heterocycles. The standard InChI is InChI=1S/C18H16N2O4/c1-8-2-5-13(14(6-8)20(23)24)19-17(21)15-9-3-4-10(12-7-11(9)12)16(15)18(19)22/h2-6,9-12,15-16H,7H2,1H3/t9-,10-,11-,12+,15-,16-/m1/s1. The second-order valence-corrected chi connectivity index (χ2v) is 7.42. The van der Waals surface area contributed by atoms with Crippen molar-refractivity contribution in [1.29, 1.82) is 0 Å². The van der Waals surface area contributed by atoms with Crippen molar-refractivity contribution in [2.75, 3.05) is 4.90 Å². The highest BCUT2D eigenvalue weighted by molar-refractivity contribution is 6.23. The van der Waals surface area contributed by atoms with Gasteiger partial charge in [-0.1, -0.05) is 18.2 Å². The third-order valence-electron chi connectivity index (χ3n) is 6.23. The summed E-state index contributed by atoms with van der Waals surface area (Å²) in [7, 11) is 0. The van der Waals surface area contributed by atoms with Crippen molar-refractivity contribution < 1.29 is 14.5 Å². The molecule has 0 radical (unpaired) electrons. The van der Waals surface area contributed by atoms with E-state index in [1.165, 1.54) is 12.1 Å². The summed E-state index contributed by atoms with van der Waals surface area (Å²) in [5.74, 6) is 0.0847. The molecule has 0 spiro atoms. The quantitative estimate of drug-likeness (QED) is 0.362. The minimum absolute atomic E-state index is 0.114. The van der Waals surface area contributed by atoms with Gasteiger partial charge in [0.2, 0.25) is 11.8 Å². The molecule has 1 aliphatic heterocycles. The molecular weight excluding hydrogens is 308 g/mol. The summed E-state index contributed by atoms with van der Waals surface area (Å²) in [6.07, 6.45) is 5.29. The maximum Gasteiger partial charge on any atom is 0.293 e. The van der Waals surface area contributed by atoms with Gasteiger partial charge in [-0.15, -0.1) is 0 Å². The van der Waals surface area contributed by atoms with Gasteiger partial charge < -0.3 is 0 Å². The van der Waals surface area contributed by atoms with Gasteiger partial charge in [-0.3, -0.25) is 19.7 Å². The number of anilines is 1. The van der Waals surface area contributed by atoms with Gasteiger partial charge in [0.05, 0.1) is 16.8 Å². The summed E-state index contributed by atoms with van der Waals surface area (Å²) in [5.41, 5.74) is 0.661. The van der Waals surface area contributed by atoms with E-state index in [1.807, 2.05) is 0 Å². The van der Waals surface area contributed by atoms with Crippen LogP contribution in [0.25, 0.3) is 0 Å². The number of nitro groups is 1.